The van der Waals surface area contributed by atoms with E-state index >= 15 is 0 Å². The van der Waals surface area contributed by atoms with Crippen LogP contribution in [-0.2, 0) is 0 Å². The molecule has 0 bridgehead atoms. The molecule has 0 atom stereocenters. The van der Waals surface area contributed by atoms with Gasteiger partial charge in [0, 0.05) is 4.88 Å². The van der Waals surface area contributed by atoms with Gasteiger partial charge in [-0.3, -0.25) is 15.2 Å². The third-order valence-corrected chi connectivity index (χ3v) is 4.45. The molecule has 0 aliphatic carbocycles. The summed E-state index contributed by atoms with van der Waals surface area (Å²) < 4.78 is 0. The van der Waals surface area contributed by atoms with E-state index in [4.69, 9.17) is 0 Å². The Morgan fingerprint density at radius 2 is 2.15 bits per heavy atom. The Kier molecular flexibility index (Phi) is 3.33. The Balaban J connectivity index is 1.76. The number of aromatic amines is 1. The predicted molar refractivity (Wildman–Crippen MR) is 79.2 cm³/mol. The first-order valence-corrected chi connectivity index (χ1v) is 7.48. The molecule has 0 saturated heterocycles. The summed E-state index contributed by atoms with van der Waals surface area (Å²) >= 11 is 2.95. The van der Waals surface area contributed by atoms with Crippen LogP contribution in [0.1, 0.15) is 19.6 Å². The van der Waals surface area contributed by atoms with E-state index in [9.17, 15) is 4.79 Å². The molecule has 1 amide bonds. The Hall–Kier alpha value is -2.06. The van der Waals surface area contributed by atoms with Crippen molar-refractivity contribution in [3.05, 3.63) is 33.1 Å². The van der Waals surface area contributed by atoms with Crippen molar-refractivity contribution >= 4 is 34.5 Å². The Morgan fingerprint density at radius 1 is 1.30 bits per heavy atom. The normalized spacial score (nSPS) is 10.7. The summed E-state index contributed by atoms with van der Waals surface area (Å²) in [6.07, 6.45) is 1.55. The molecule has 0 fully saturated rings. The van der Waals surface area contributed by atoms with Crippen molar-refractivity contribution < 1.29 is 4.79 Å². The molecule has 20 heavy (non-hydrogen) atoms. The van der Waals surface area contributed by atoms with Crippen molar-refractivity contribution in [2.75, 3.05) is 5.32 Å². The highest BCUT2D eigenvalue weighted by molar-refractivity contribution is 7.15. The minimum Gasteiger partial charge on any atom is -0.288 e. The van der Waals surface area contributed by atoms with Gasteiger partial charge in [0.05, 0.1) is 16.1 Å². The first-order valence-electron chi connectivity index (χ1n) is 5.85. The maximum Gasteiger partial charge on any atom is 0.269 e. The van der Waals surface area contributed by atoms with E-state index < -0.39 is 0 Å². The number of carbonyl (C=O) groups excluding carboxylic acids is 1. The molecule has 3 rings (SSSR count). The lowest BCUT2D eigenvalue weighted by Crippen LogP contribution is -2.11. The Morgan fingerprint density at radius 3 is 2.80 bits per heavy atom. The number of hydrogen-bond donors (Lipinski definition) is 2. The average molecular weight is 305 g/mol. The third kappa shape index (κ3) is 2.61. The second kappa shape index (κ2) is 5.14. The molecule has 6 nitrogen and oxygen atoms in total. The number of aromatic nitrogens is 4. The minimum absolute atomic E-state index is 0.247. The number of carbonyl (C=O) groups is 1. The molecule has 102 valence electrons. The second-order valence-electron chi connectivity index (χ2n) is 4.12. The number of nitrogens with one attached hydrogen (secondary N) is 2. The van der Waals surface area contributed by atoms with E-state index in [1.54, 1.807) is 17.5 Å². The molecule has 8 heteroatoms. The molecule has 0 spiro atoms. The summed E-state index contributed by atoms with van der Waals surface area (Å²) in [5.74, 6) is 0.671. The third-order valence-electron chi connectivity index (χ3n) is 2.53. The first kappa shape index (κ1) is 12.9. The molecule has 0 aromatic carbocycles. The minimum atomic E-state index is -0.247. The molecule has 0 saturated carbocycles. The van der Waals surface area contributed by atoms with Gasteiger partial charge in [0.2, 0.25) is 5.95 Å². The van der Waals surface area contributed by atoms with Crippen molar-refractivity contribution in [1.82, 2.24) is 20.2 Å². The van der Waals surface area contributed by atoms with Crippen molar-refractivity contribution in [3.63, 3.8) is 0 Å². The highest BCUT2D eigenvalue weighted by Gasteiger charge is 2.13. The number of H-pyrrole nitrogens is 1. The largest absolute Gasteiger partial charge is 0.288 e. The standard InChI is InChI=1S/C12H11N5OS2/c1-6-3-4-8(19-6)10-14-12(17-16-10)15-11(18)9-5-13-7(2)20-9/h3-5H,1-2H3,(H2,14,15,16,17,18). The van der Waals surface area contributed by atoms with Crippen LogP contribution >= 0.6 is 22.7 Å². The first-order chi connectivity index (χ1) is 9.61. The van der Waals surface area contributed by atoms with E-state index in [0.717, 1.165) is 9.88 Å². The van der Waals surface area contributed by atoms with Crippen molar-refractivity contribution in [2.45, 2.75) is 13.8 Å². The molecule has 0 aliphatic rings. The second-order valence-corrected chi connectivity index (χ2v) is 6.64. The number of thiazole rings is 1. The molecule has 3 heterocycles. The average Bonchev–Trinajstić information content (AvgIpc) is 3.10. The van der Waals surface area contributed by atoms with Crippen LogP contribution in [-0.4, -0.2) is 26.1 Å². The molecule has 0 radical (unpaired) electrons. The van der Waals surface area contributed by atoms with Crippen LogP contribution in [0.3, 0.4) is 0 Å². The fourth-order valence-corrected chi connectivity index (χ4v) is 3.10. The number of aryl methyl sites for hydroxylation is 2. The number of hydrogen-bond acceptors (Lipinski definition) is 6. The van der Waals surface area contributed by atoms with E-state index in [2.05, 4.69) is 25.5 Å². The maximum absolute atomic E-state index is 11.9. The zero-order chi connectivity index (χ0) is 14.1. The lowest BCUT2D eigenvalue weighted by Gasteiger charge is -1.95. The molecular formula is C12H11N5OS2. The van der Waals surface area contributed by atoms with Crippen molar-refractivity contribution in [2.24, 2.45) is 0 Å². The highest BCUT2D eigenvalue weighted by atomic mass is 32.1. The predicted octanol–water partition coefficient (Wildman–Crippen LogP) is 2.86. The fourth-order valence-electron chi connectivity index (χ4n) is 1.62. The van der Waals surface area contributed by atoms with Crippen LogP contribution < -0.4 is 5.32 Å². The smallest absolute Gasteiger partial charge is 0.269 e. The number of thiophene rings is 1. The quantitative estimate of drug-likeness (QED) is 0.779. The molecule has 3 aromatic rings. The molecule has 0 unspecified atom stereocenters. The van der Waals surface area contributed by atoms with E-state index in [1.165, 1.54) is 16.2 Å². The zero-order valence-electron chi connectivity index (χ0n) is 10.8. The molecule has 0 aliphatic heterocycles. The summed E-state index contributed by atoms with van der Waals surface area (Å²) in [7, 11) is 0. The van der Waals surface area contributed by atoms with Crippen molar-refractivity contribution in [1.29, 1.82) is 0 Å². The van der Waals surface area contributed by atoms with E-state index in [-0.39, 0.29) is 11.9 Å². The molecule has 2 N–H and O–H groups in total. The van der Waals surface area contributed by atoms with Gasteiger partial charge in [-0.2, -0.15) is 4.98 Å². The molecule has 3 aromatic heterocycles. The topological polar surface area (TPSA) is 83.6 Å². The van der Waals surface area contributed by atoms with Crippen molar-refractivity contribution in [3.8, 4) is 10.7 Å². The van der Waals surface area contributed by atoms with Crippen LogP contribution in [0.4, 0.5) is 5.95 Å². The highest BCUT2D eigenvalue weighted by Crippen LogP contribution is 2.25. The van der Waals surface area contributed by atoms with Crippen LogP contribution in [0.2, 0.25) is 0 Å². The van der Waals surface area contributed by atoms with Gasteiger partial charge in [-0.25, -0.2) is 4.98 Å². The monoisotopic (exact) mass is 305 g/mol. The fraction of sp³-hybridized carbons (Fsp3) is 0.167. The summed E-state index contributed by atoms with van der Waals surface area (Å²) in [5.41, 5.74) is 0. The summed E-state index contributed by atoms with van der Waals surface area (Å²) in [6.45, 7) is 3.88. The number of nitrogens with zero attached hydrogens (tertiary/aromatic N) is 3. The van der Waals surface area contributed by atoms with Gasteiger partial charge in [-0.05, 0) is 26.0 Å². The SMILES string of the molecule is Cc1ccc(-c2nc(NC(=O)c3cnc(C)s3)n[nH]2)s1. The summed E-state index contributed by atoms with van der Waals surface area (Å²) in [6, 6.07) is 3.99. The van der Waals surface area contributed by atoms with Gasteiger partial charge in [0.15, 0.2) is 5.82 Å². The maximum atomic E-state index is 11.9. The number of rotatable bonds is 3. The summed E-state index contributed by atoms with van der Waals surface area (Å²) in [4.78, 5) is 23.0. The van der Waals surface area contributed by atoms with Gasteiger partial charge < -0.3 is 0 Å². The number of amides is 1. The van der Waals surface area contributed by atoms with Gasteiger partial charge in [-0.15, -0.1) is 27.8 Å². The lowest BCUT2D eigenvalue weighted by molar-refractivity contribution is 0.102. The van der Waals surface area contributed by atoms with Gasteiger partial charge in [0.1, 0.15) is 4.88 Å². The van der Waals surface area contributed by atoms with Gasteiger partial charge in [0.25, 0.3) is 5.91 Å². The Labute approximate surface area is 122 Å². The van der Waals surface area contributed by atoms with Crippen LogP contribution in [0.25, 0.3) is 10.7 Å². The van der Waals surface area contributed by atoms with E-state index in [0.29, 0.717) is 10.7 Å². The molecular weight excluding hydrogens is 294 g/mol. The lowest BCUT2D eigenvalue weighted by atomic mass is 10.4. The van der Waals surface area contributed by atoms with Crippen LogP contribution in [0.15, 0.2) is 18.3 Å². The van der Waals surface area contributed by atoms with Gasteiger partial charge >= 0.3 is 0 Å². The number of anilines is 1. The van der Waals surface area contributed by atoms with Crippen LogP contribution in [0.5, 0.6) is 0 Å². The van der Waals surface area contributed by atoms with Crippen LogP contribution in [0, 0.1) is 13.8 Å². The summed E-state index contributed by atoms with van der Waals surface area (Å²) in [5, 5.41) is 10.3. The van der Waals surface area contributed by atoms with E-state index in [1.807, 2.05) is 26.0 Å². The zero-order valence-corrected chi connectivity index (χ0v) is 12.4. The van der Waals surface area contributed by atoms with Gasteiger partial charge in [-0.1, -0.05) is 0 Å². The Bertz CT molecular complexity index is 757.